The molecule has 1 saturated heterocycles. The maximum atomic E-state index is 12.4. The molecule has 5 nitrogen and oxygen atoms in total. The van der Waals surface area contributed by atoms with Gasteiger partial charge in [-0.25, -0.2) is 0 Å². The van der Waals surface area contributed by atoms with Crippen molar-refractivity contribution in [3.05, 3.63) is 39.9 Å². The molecule has 0 aromatic heterocycles. The molecule has 1 fully saturated rings. The molecule has 6 heteroatoms. The molecule has 0 bridgehead atoms. The summed E-state index contributed by atoms with van der Waals surface area (Å²) < 4.78 is 0.984. The number of nitrogens with one attached hydrogen (secondary N) is 1. The van der Waals surface area contributed by atoms with Gasteiger partial charge in [-0.05, 0) is 44.0 Å². The Hall–Kier alpha value is -1.66. The second kappa shape index (κ2) is 9.15. The van der Waals surface area contributed by atoms with E-state index in [1.807, 2.05) is 49.9 Å². The first kappa shape index (κ1) is 19.7. The lowest BCUT2D eigenvalue weighted by Crippen LogP contribution is -2.51. The zero-order valence-electron chi connectivity index (χ0n) is 15.1. The Kier molecular flexibility index (Phi) is 7.20. The number of piperazine rings is 1. The zero-order valence-corrected chi connectivity index (χ0v) is 16.7. The number of amides is 2. The van der Waals surface area contributed by atoms with Crippen LogP contribution in [-0.4, -0.2) is 60.4 Å². The summed E-state index contributed by atoms with van der Waals surface area (Å²) in [6.07, 6.45) is 3.46. The number of hydrogen-bond acceptors (Lipinski definition) is 3. The zero-order chi connectivity index (χ0) is 18.4. The van der Waals surface area contributed by atoms with Crippen molar-refractivity contribution in [3.8, 4) is 0 Å². The monoisotopic (exact) mass is 407 g/mol. The highest BCUT2D eigenvalue weighted by Gasteiger charge is 2.21. The molecule has 0 aliphatic carbocycles. The van der Waals surface area contributed by atoms with E-state index in [1.165, 1.54) is 5.56 Å². The van der Waals surface area contributed by atoms with Gasteiger partial charge in [0.1, 0.15) is 0 Å². The van der Waals surface area contributed by atoms with Crippen LogP contribution < -0.4 is 5.32 Å². The summed E-state index contributed by atoms with van der Waals surface area (Å²) in [6.45, 7) is 9.07. The van der Waals surface area contributed by atoms with Crippen molar-refractivity contribution in [2.45, 2.75) is 26.8 Å². The number of carbonyl (C=O) groups excluding carboxylic acids is 2. The molecule has 2 rings (SSSR count). The molecule has 0 atom stereocenters. The van der Waals surface area contributed by atoms with Crippen LogP contribution in [0.2, 0.25) is 0 Å². The van der Waals surface area contributed by atoms with Crippen molar-refractivity contribution in [1.82, 2.24) is 15.1 Å². The van der Waals surface area contributed by atoms with Gasteiger partial charge < -0.3 is 10.2 Å². The predicted molar refractivity (Wildman–Crippen MR) is 104 cm³/mol. The number of aryl methyl sites for hydroxylation is 1. The Morgan fingerprint density at radius 1 is 1.24 bits per heavy atom. The minimum absolute atomic E-state index is 0.0127. The highest BCUT2D eigenvalue weighted by molar-refractivity contribution is 9.10. The summed E-state index contributed by atoms with van der Waals surface area (Å²) >= 11 is 3.52. The number of hydrogen-bond donors (Lipinski definition) is 1. The average molecular weight is 408 g/mol. The Morgan fingerprint density at radius 3 is 2.52 bits per heavy atom. The molecule has 2 amide bonds. The molecular formula is C19H26BrN3O2. The van der Waals surface area contributed by atoms with E-state index < -0.39 is 0 Å². The molecule has 1 heterocycles. The second-order valence-corrected chi connectivity index (χ2v) is 7.54. The Labute approximate surface area is 158 Å². The van der Waals surface area contributed by atoms with E-state index >= 15 is 0 Å². The minimum Gasteiger partial charge on any atom is -0.353 e. The number of benzene rings is 1. The largest absolute Gasteiger partial charge is 0.353 e. The molecule has 0 radical (unpaired) electrons. The van der Waals surface area contributed by atoms with Crippen LogP contribution in [0.1, 0.15) is 25.0 Å². The average Bonchev–Trinajstić information content (AvgIpc) is 2.53. The van der Waals surface area contributed by atoms with Gasteiger partial charge in [-0.1, -0.05) is 28.1 Å². The third-order valence-corrected chi connectivity index (χ3v) is 4.75. The molecule has 0 spiro atoms. The van der Waals surface area contributed by atoms with Gasteiger partial charge in [-0.15, -0.1) is 0 Å². The van der Waals surface area contributed by atoms with Gasteiger partial charge >= 0.3 is 0 Å². The van der Waals surface area contributed by atoms with E-state index in [4.69, 9.17) is 0 Å². The molecular weight excluding hydrogens is 382 g/mol. The van der Waals surface area contributed by atoms with Crippen molar-refractivity contribution in [3.63, 3.8) is 0 Å². The third-order valence-electron chi connectivity index (χ3n) is 4.06. The highest BCUT2D eigenvalue weighted by Crippen LogP contribution is 2.19. The van der Waals surface area contributed by atoms with E-state index in [-0.39, 0.29) is 17.9 Å². The fourth-order valence-corrected chi connectivity index (χ4v) is 3.36. The fraction of sp³-hybridized carbons (Fsp3) is 0.474. The first-order chi connectivity index (χ1) is 11.8. The van der Waals surface area contributed by atoms with Crippen molar-refractivity contribution >= 4 is 33.8 Å². The van der Waals surface area contributed by atoms with E-state index in [9.17, 15) is 9.59 Å². The maximum Gasteiger partial charge on any atom is 0.246 e. The number of carbonyl (C=O) groups is 2. The van der Waals surface area contributed by atoms with Gasteiger partial charge in [-0.2, -0.15) is 0 Å². The highest BCUT2D eigenvalue weighted by atomic mass is 79.9. The lowest BCUT2D eigenvalue weighted by atomic mass is 10.1. The minimum atomic E-state index is 0.0127. The molecule has 1 aliphatic heterocycles. The van der Waals surface area contributed by atoms with Gasteiger partial charge in [0.15, 0.2) is 0 Å². The van der Waals surface area contributed by atoms with E-state index in [0.717, 1.165) is 23.1 Å². The molecule has 1 N–H and O–H groups in total. The molecule has 0 saturated carbocycles. The van der Waals surface area contributed by atoms with Crippen LogP contribution in [0.5, 0.6) is 0 Å². The third kappa shape index (κ3) is 6.29. The van der Waals surface area contributed by atoms with Gasteiger partial charge in [0.25, 0.3) is 0 Å². The van der Waals surface area contributed by atoms with Crippen LogP contribution in [0.15, 0.2) is 28.7 Å². The summed E-state index contributed by atoms with van der Waals surface area (Å²) in [7, 11) is 0. The molecule has 136 valence electrons. The summed E-state index contributed by atoms with van der Waals surface area (Å²) in [5.74, 6) is 0.0534. The van der Waals surface area contributed by atoms with Crippen molar-refractivity contribution in [2.24, 2.45) is 0 Å². The summed E-state index contributed by atoms with van der Waals surface area (Å²) in [5, 5.41) is 2.89. The summed E-state index contributed by atoms with van der Waals surface area (Å²) in [4.78, 5) is 28.1. The number of halogens is 1. The van der Waals surface area contributed by atoms with Crippen LogP contribution in [0.3, 0.4) is 0 Å². The topological polar surface area (TPSA) is 52.7 Å². The first-order valence-electron chi connectivity index (χ1n) is 8.60. The van der Waals surface area contributed by atoms with Crippen LogP contribution in [0.4, 0.5) is 0 Å². The predicted octanol–water partition coefficient (Wildman–Crippen LogP) is 2.44. The molecule has 0 unspecified atom stereocenters. The van der Waals surface area contributed by atoms with E-state index in [2.05, 4.69) is 26.1 Å². The Morgan fingerprint density at radius 2 is 1.92 bits per heavy atom. The van der Waals surface area contributed by atoms with Crippen LogP contribution in [0.25, 0.3) is 6.08 Å². The normalized spacial score (nSPS) is 15.8. The fourth-order valence-electron chi connectivity index (χ4n) is 2.73. The standard InChI is InChI=1S/C19H26BrN3O2/c1-14(2)21-18(24)13-22-8-10-23(11-9-22)19(25)7-6-16-5-4-15(3)12-17(16)20/h4-7,12,14H,8-11,13H2,1-3H3,(H,21,24). The summed E-state index contributed by atoms with van der Waals surface area (Å²) in [5.41, 5.74) is 2.16. The van der Waals surface area contributed by atoms with E-state index in [0.29, 0.717) is 19.6 Å². The molecule has 1 aromatic rings. The van der Waals surface area contributed by atoms with Crippen molar-refractivity contribution in [2.75, 3.05) is 32.7 Å². The van der Waals surface area contributed by atoms with Crippen LogP contribution >= 0.6 is 15.9 Å². The molecule has 25 heavy (non-hydrogen) atoms. The van der Waals surface area contributed by atoms with Gasteiger partial charge in [-0.3, -0.25) is 14.5 Å². The molecule has 1 aromatic carbocycles. The summed E-state index contributed by atoms with van der Waals surface area (Å²) in [6, 6.07) is 6.21. The van der Waals surface area contributed by atoms with Crippen LogP contribution in [-0.2, 0) is 9.59 Å². The van der Waals surface area contributed by atoms with Gasteiger partial charge in [0.05, 0.1) is 6.54 Å². The SMILES string of the molecule is Cc1ccc(C=CC(=O)N2CCN(CC(=O)NC(C)C)CC2)c(Br)c1. The quantitative estimate of drug-likeness (QED) is 0.762. The van der Waals surface area contributed by atoms with Gasteiger partial charge in [0.2, 0.25) is 11.8 Å². The van der Waals surface area contributed by atoms with Crippen molar-refractivity contribution in [1.29, 1.82) is 0 Å². The smallest absolute Gasteiger partial charge is 0.246 e. The van der Waals surface area contributed by atoms with Crippen LogP contribution in [0, 0.1) is 6.92 Å². The molecule has 1 aliphatic rings. The van der Waals surface area contributed by atoms with E-state index in [1.54, 1.807) is 6.08 Å². The maximum absolute atomic E-state index is 12.4. The Bertz CT molecular complexity index is 650. The number of nitrogens with zero attached hydrogens (tertiary/aromatic N) is 2. The lowest BCUT2D eigenvalue weighted by molar-refractivity contribution is -0.128. The van der Waals surface area contributed by atoms with Gasteiger partial charge in [0, 0.05) is 42.8 Å². The second-order valence-electron chi connectivity index (χ2n) is 6.68. The Balaban J connectivity index is 1.82. The van der Waals surface area contributed by atoms with Crippen molar-refractivity contribution < 1.29 is 9.59 Å². The number of rotatable bonds is 5. The lowest BCUT2D eigenvalue weighted by Gasteiger charge is -2.33. The first-order valence-corrected chi connectivity index (χ1v) is 9.39.